The van der Waals surface area contributed by atoms with Gasteiger partial charge in [0, 0.05) is 15.2 Å². The Kier molecular flexibility index (Phi) is 2.59. The maximum atomic E-state index is 5.27. The summed E-state index contributed by atoms with van der Waals surface area (Å²) in [5.74, 6) is 0.970. The fraction of sp³-hybridized carbons (Fsp3) is 0.273. The van der Waals surface area contributed by atoms with Gasteiger partial charge in [0.2, 0.25) is 0 Å². The lowest BCUT2D eigenvalue weighted by atomic mass is 10.2. The molecule has 0 radical (unpaired) electrons. The first kappa shape index (κ1) is 10.5. The van der Waals surface area contributed by atoms with Crippen molar-refractivity contribution in [1.82, 2.24) is 14.8 Å². The topological polar surface area (TPSA) is 33.6 Å². The number of aromatic nitrogens is 3. The summed E-state index contributed by atoms with van der Waals surface area (Å²) in [5.41, 5.74) is 1.15. The maximum absolute atomic E-state index is 5.27. The van der Waals surface area contributed by atoms with E-state index in [1.54, 1.807) is 0 Å². The smallest absolute Gasteiger partial charge is 0.195 e. The molecule has 1 saturated carbocycles. The van der Waals surface area contributed by atoms with Crippen LogP contribution in [-0.4, -0.2) is 14.8 Å². The van der Waals surface area contributed by atoms with Crippen LogP contribution >= 0.6 is 34.8 Å². The van der Waals surface area contributed by atoms with Crippen molar-refractivity contribution in [2.24, 2.45) is 0 Å². The second-order valence-electron chi connectivity index (χ2n) is 3.93. The number of aromatic amines is 1. The maximum Gasteiger partial charge on any atom is 0.195 e. The molecule has 0 spiro atoms. The molecule has 0 aliphatic heterocycles. The lowest BCUT2D eigenvalue weighted by Crippen LogP contribution is -1.98. The van der Waals surface area contributed by atoms with E-state index in [1.165, 1.54) is 16.4 Å². The van der Waals surface area contributed by atoms with Crippen molar-refractivity contribution in [1.29, 1.82) is 0 Å². The first-order chi connectivity index (χ1) is 7.77. The van der Waals surface area contributed by atoms with E-state index >= 15 is 0 Å². The van der Waals surface area contributed by atoms with Crippen molar-refractivity contribution < 1.29 is 0 Å². The summed E-state index contributed by atoms with van der Waals surface area (Å²) in [4.78, 5) is 0. The van der Waals surface area contributed by atoms with E-state index in [-0.39, 0.29) is 0 Å². The average Bonchev–Trinajstić information content (AvgIpc) is 3.04. The molecule has 0 bridgehead atoms. The minimum absolute atomic E-state index is 0.553. The molecule has 82 valence electrons. The van der Waals surface area contributed by atoms with Gasteiger partial charge in [-0.25, -0.2) is 0 Å². The number of rotatable bonds is 2. The first-order valence-electron chi connectivity index (χ1n) is 5.19. The number of benzene rings is 1. The van der Waals surface area contributed by atoms with Crippen LogP contribution in [0.15, 0.2) is 24.3 Å². The lowest BCUT2D eigenvalue weighted by Gasteiger charge is -2.06. The number of halogens is 1. The normalized spacial score (nSPS) is 15.3. The first-order valence-corrected chi connectivity index (χ1v) is 6.68. The molecule has 1 aliphatic rings. The second-order valence-corrected chi connectivity index (χ2v) is 5.48. The zero-order valence-corrected chi connectivity index (χ0v) is 11.5. The van der Waals surface area contributed by atoms with Gasteiger partial charge in [-0.2, -0.15) is 5.10 Å². The summed E-state index contributed by atoms with van der Waals surface area (Å²) < 4.78 is 4.08. The molecule has 3 rings (SSSR count). The highest BCUT2D eigenvalue weighted by atomic mass is 127. The van der Waals surface area contributed by atoms with Crippen LogP contribution in [0.25, 0.3) is 11.4 Å². The number of H-pyrrole nitrogens is 1. The van der Waals surface area contributed by atoms with Crippen molar-refractivity contribution in [2.45, 2.75) is 18.9 Å². The summed E-state index contributed by atoms with van der Waals surface area (Å²) in [6.07, 6.45) is 2.43. The zero-order valence-electron chi connectivity index (χ0n) is 8.48. The molecule has 5 heteroatoms. The summed E-state index contributed by atoms with van der Waals surface area (Å²) in [7, 11) is 0. The summed E-state index contributed by atoms with van der Waals surface area (Å²) in [5, 5.41) is 7.25. The molecule has 1 aliphatic carbocycles. The molecule has 0 amide bonds. The Morgan fingerprint density at radius 3 is 2.81 bits per heavy atom. The van der Waals surface area contributed by atoms with Crippen molar-refractivity contribution in [3.63, 3.8) is 0 Å². The van der Waals surface area contributed by atoms with Crippen molar-refractivity contribution in [3.05, 3.63) is 32.6 Å². The standard InChI is InChI=1S/C11H10IN3S/c12-9-4-2-1-3-8(9)10-13-14-11(16)15(10)7-5-6-7/h1-4,7H,5-6H2,(H,14,16). The molecule has 1 aromatic heterocycles. The molecule has 0 atom stereocenters. The van der Waals surface area contributed by atoms with Gasteiger partial charge in [0.1, 0.15) is 0 Å². The average molecular weight is 343 g/mol. The Labute approximate surface area is 112 Å². The van der Waals surface area contributed by atoms with Crippen LogP contribution in [0.1, 0.15) is 18.9 Å². The van der Waals surface area contributed by atoms with Gasteiger partial charge < -0.3 is 0 Å². The summed E-state index contributed by atoms with van der Waals surface area (Å²) in [6.45, 7) is 0. The highest BCUT2D eigenvalue weighted by Gasteiger charge is 2.28. The minimum Gasteiger partial charge on any atom is -0.297 e. The molecule has 0 saturated heterocycles. The quantitative estimate of drug-likeness (QED) is 0.668. The van der Waals surface area contributed by atoms with E-state index in [4.69, 9.17) is 12.2 Å². The molecular weight excluding hydrogens is 333 g/mol. The highest BCUT2D eigenvalue weighted by Crippen LogP contribution is 2.38. The number of hydrogen-bond acceptors (Lipinski definition) is 2. The number of nitrogens with one attached hydrogen (secondary N) is 1. The van der Waals surface area contributed by atoms with Crippen LogP contribution < -0.4 is 0 Å². The van der Waals surface area contributed by atoms with Crippen LogP contribution in [-0.2, 0) is 0 Å². The number of nitrogens with zero attached hydrogens (tertiary/aromatic N) is 2. The third-order valence-corrected chi connectivity index (χ3v) is 3.96. The molecule has 1 fully saturated rings. The fourth-order valence-corrected chi connectivity index (χ4v) is 2.72. The molecule has 16 heavy (non-hydrogen) atoms. The predicted molar refractivity (Wildman–Crippen MR) is 73.8 cm³/mol. The van der Waals surface area contributed by atoms with E-state index < -0.39 is 0 Å². The largest absolute Gasteiger partial charge is 0.297 e. The van der Waals surface area contributed by atoms with Gasteiger partial charge in [-0.3, -0.25) is 9.67 Å². The zero-order chi connectivity index (χ0) is 11.1. The molecule has 3 nitrogen and oxygen atoms in total. The predicted octanol–water partition coefficient (Wildman–Crippen LogP) is 3.55. The van der Waals surface area contributed by atoms with E-state index in [0.29, 0.717) is 6.04 Å². The van der Waals surface area contributed by atoms with Crippen LogP contribution in [0.2, 0.25) is 0 Å². The SMILES string of the molecule is S=c1[nH]nc(-c2ccccc2I)n1C1CC1. The van der Waals surface area contributed by atoms with Gasteiger partial charge >= 0.3 is 0 Å². The van der Waals surface area contributed by atoms with E-state index in [2.05, 4.69) is 49.5 Å². The number of hydrogen-bond donors (Lipinski definition) is 1. The van der Waals surface area contributed by atoms with Gasteiger partial charge in [-0.1, -0.05) is 18.2 Å². The monoisotopic (exact) mass is 343 g/mol. The van der Waals surface area contributed by atoms with Gasteiger partial charge in [-0.05, 0) is 53.7 Å². The van der Waals surface area contributed by atoms with Gasteiger partial charge in [-0.15, -0.1) is 0 Å². The lowest BCUT2D eigenvalue weighted by molar-refractivity contribution is 0.735. The van der Waals surface area contributed by atoms with Crippen LogP contribution in [0.3, 0.4) is 0 Å². The third kappa shape index (κ3) is 1.71. The Bertz CT molecular complexity index is 583. The summed E-state index contributed by atoms with van der Waals surface area (Å²) in [6, 6.07) is 8.80. The van der Waals surface area contributed by atoms with Gasteiger partial charge in [0.25, 0.3) is 0 Å². The van der Waals surface area contributed by atoms with Gasteiger partial charge in [0.05, 0.1) is 0 Å². The van der Waals surface area contributed by atoms with Crippen LogP contribution in [0.4, 0.5) is 0 Å². The molecule has 1 heterocycles. The van der Waals surface area contributed by atoms with Crippen molar-refractivity contribution in [2.75, 3.05) is 0 Å². The molecular formula is C11H10IN3S. The summed E-state index contributed by atoms with van der Waals surface area (Å²) >= 11 is 7.61. The Hall–Kier alpha value is -0.690. The van der Waals surface area contributed by atoms with Gasteiger partial charge in [0.15, 0.2) is 10.6 Å². The Morgan fingerprint density at radius 1 is 1.38 bits per heavy atom. The minimum atomic E-state index is 0.553. The van der Waals surface area contributed by atoms with Crippen molar-refractivity contribution >= 4 is 34.8 Å². The molecule has 2 aromatic rings. The Balaban J connectivity index is 2.20. The van der Waals surface area contributed by atoms with Crippen LogP contribution in [0.5, 0.6) is 0 Å². The van der Waals surface area contributed by atoms with E-state index in [9.17, 15) is 0 Å². The van der Waals surface area contributed by atoms with Crippen LogP contribution in [0, 0.1) is 8.34 Å². The van der Waals surface area contributed by atoms with E-state index in [0.717, 1.165) is 16.2 Å². The highest BCUT2D eigenvalue weighted by molar-refractivity contribution is 14.1. The Morgan fingerprint density at radius 2 is 2.12 bits per heavy atom. The van der Waals surface area contributed by atoms with Crippen molar-refractivity contribution in [3.8, 4) is 11.4 Å². The fourth-order valence-electron chi connectivity index (χ4n) is 1.81. The van der Waals surface area contributed by atoms with E-state index in [1.807, 2.05) is 12.1 Å². The second kappa shape index (κ2) is 3.96. The third-order valence-electron chi connectivity index (χ3n) is 2.73. The molecule has 0 unspecified atom stereocenters. The molecule has 1 aromatic carbocycles. The molecule has 1 N–H and O–H groups in total.